The van der Waals surface area contributed by atoms with Gasteiger partial charge in [0.15, 0.2) is 11.5 Å². The van der Waals surface area contributed by atoms with Crippen molar-refractivity contribution in [3.63, 3.8) is 0 Å². The Morgan fingerprint density at radius 3 is 2.49 bits per heavy atom. The molecule has 5 rings (SSSR count). The average Bonchev–Trinajstić information content (AvgIpc) is 3.55. The van der Waals surface area contributed by atoms with E-state index in [0.717, 1.165) is 25.7 Å². The van der Waals surface area contributed by atoms with Crippen LogP contribution in [0.5, 0.6) is 11.5 Å². The molecule has 190 valence electrons. The highest BCUT2D eigenvalue weighted by molar-refractivity contribution is 6.30. The van der Waals surface area contributed by atoms with Gasteiger partial charge in [0.25, 0.3) is 0 Å². The molecule has 0 saturated heterocycles. The summed E-state index contributed by atoms with van der Waals surface area (Å²) < 4.78 is 1.49. The Bertz CT molecular complexity index is 1430. The molecule has 10 heteroatoms. The first-order valence-corrected chi connectivity index (χ1v) is 12.5. The Balaban J connectivity index is 1.58. The summed E-state index contributed by atoms with van der Waals surface area (Å²) in [6.07, 6.45) is 3.77. The lowest BCUT2D eigenvalue weighted by molar-refractivity contribution is -0.127. The van der Waals surface area contributed by atoms with Crippen LogP contribution in [0.1, 0.15) is 37.3 Å². The van der Waals surface area contributed by atoms with Crippen LogP contribution in [0.2, 0.25) is 5.02 Å². The summed E-state index contributed by atoms with van der Waals surface area (Å²) in [5, 5.41) is 32.0. The molecular weight excluding hydrogens is 494 g/mol. The van der Waals surface area contributed by atoms with Gasteiger partial charge >= 0.3 is 0 Å². The van der Waals surface area contributed by atoms with Gasteiger partial charge in [-0.25, -0.2) is 4.68 Å². The number of hydrogen-bond acceptors (Lipinski definition) is 6. The highest BCUT2D eigenvalue weighted by Crippen LogP contribution is 2.34. The largest absolute Gasteiger partial charge is 0.504 e. The minimum absolute atomic E-state index is 0.00198. The number of anilines is 1. The zero-order chi connectivity index (χ0) is 25.9. The number of benzene rings is 3. The predicted octanol–water partition coefficient (Wildman–Crippen LogP) is 4.33. The highest BCUT2D eigenvalue weighted by atomic mass is 35.5. The van der Waals surface area contributed by atoms with Gasteiger partial charge in [-0.2, -0.15) is 0 Å². The van der Waals surface area contributed by atoms with E-state index in [1.807, 2.05) is 18.2 Å². The molecule has 1 fully saturated rings. The fourth-order valence-corrected chi connectivity index (χ4v) is 4.88. The summed E-state index contributed by atoms with van der Waals surface area (Å²) in [6.45, 7) is -0.180. The number of rotatable bonds is 7. The van der Waals surface area contributed by atoms with Crippen molar-refractivity contribution < 1.29 is 19.8 Å². The van der Waals surface area contributed by atoms with Crippen LogP contribution in [-0.4, -0.2) is 43.1 Å². The van der Waals surface area contributed by atoms with Crippen molar-refractivity contribution in [1.29, 1.82) is 0 Å². The number of nitrogens with zero attached hydrogens (tertiary/aromatic N) is 4. The van der Waals surface area contributed by atoms with Crippen LogP contribution in [0.15, 0.2) is 66.7 Å². The highest BCUT2D eigenvalue weighted by Gasteiger charge is 2.35. The van der Waals surface area contributed by atoms with Crippen LogP contribution in [0, 0.1) is 0 Å². The van der Waals surface area contributed by atoms with Gasteiger partial charge in [-0.1, -0.05) is 47.9 Å². The summed E-state index contributed by atoms with van der Waals surface area (Å²) in [7, 11) is 0. The standard InChI is InChI=1S/C27H26ClN5O4/c28-18-10-12-20(13-11-18)33(25(36)16-32-22-8-4-3-7-21(22)30-31-32)26(17-9-14-23(34)24(35)15-17)27(37)29-19-5-1-2-6-19/h3-4,7-15,19,26,34-35H,1-2,5-6,16H2,(H,29,37). The second-order valence-corrected chi connectivity index (χ2v) is 9.55. The monoisotopic (exact) mass is 519 g/mol. The van der Waals surface area contributed by atoms with Gasteiger partial charge < -0.3 is 15.5 Å². The van der Waals surface area contributed by atoms with Gasteiger partial charge in [0.1, 0.15) is 18.1 Å². The van der Waals surface area contributed by atoms with E-state index >= 15 is 0 Å². The van der Waals surface area contributed by atoms with Gasteiger partial charge in [-0.15, -0.1) is 5.10 Å². The molecule has 1 atom stereocenters. The van der Waals surface area contributed by atoms with Crippen molar-refractivity contribution in [2.45, 2.75) is 44.3 Å². The van der Waals surface area contributed by atoms with Gasteiger partial charge in [0, 0.05) is 16.8 Å². The smallest absolute Gasteiger partial charge is 0.249 e. The molecule has 1 unspecified atom stereocenters. The lowest BCUT2D eigenvalue weighted by Crippen LogP contribution is -2.47. The fourth-order valence-electron chi connectivity index (χ4n) is 4.76. The van der Waals surface area contributed by atoms with E-state index < -0.39 is 11.9 Å². The maximum atomic E-state index is 14.0. The molecule has 1 saturated carbocycles. The molecule has 1 heterocycles. The molecule has 0 radical (unpaired) electrons. The molecular formula is C27H26ClN5O4. The number of amides is 2. The lowest BCUT2D eigenvalue weighted by Gasteiger charge is -2.32. The first-order valence-electron chi connectivity index (χ1n) is 12.1. The van der Waals surface area contributed by atoms with E-state index in [1.54, 1.807) is 30.3 Å². The number of phenols is 2. The second-order valence-electron chi connectivity index (χ2n) is 9.12. The first kappa shape index (κ1) is 24.6. The number of nitrogens with one attached hydrogen (secondary N) is 1. The van der Waals surface area contributed by atoms with Crippen molar-refractivity contribution in [1.82, 2.24) is 20.3 Å². The molecule has 1 aromatic heterocycles. The van der Waals surface area contributed by atoms with Crippen LogP contribution < -0.4 is 10.2 Å². The maximum absolute atomic E-state index is 14.0. The van der Waals surface area contributed by atoms with Crippen LogP contribution in [0.4, 0.5) is 5.69 Å². The SMILES string of the molecule is O=C(NC1CCCC1)C(c1ccc(O)c(O)c1)N(C(=O)Cn1nnc2ccccc21)c1ccc(Cl)cc1. The van der Waals surface area contributed by atoms with Gasteiger partial charge in [0.2, 0.25) is 11.8 Å². The summed E-state index contributed by atoms with van der Waals surface area (Å²) >= 11 is 6.12. The predicted molar refractivity (Wildman–Crippen MR) is 139 cm³/mol. The Hall–Kier alpha value is -4.11. The number of halogens is 1. The van der Waals surface area contributed by atoms with Crippen molar-refractivity contribution >= 4 is 40.1 Å². The zero-order valence-electron chi connectivity index (χ0n) is 19.9. The van der Waals surface area contributed by atoms with Gasteiger partial charge in [-0.3, -0.25) is 14.5 Å². The van der Waals surface area contributed by atoms with Crippen LogP contribution in [0.25, 0.3) is 11.0 Å². The van der Waals surface area contributed by atoms with Crippen molar-refractivity contribution in [3.05, 3.63) is 77.3 Å². The molecule has 9 nitrogen and oxygen atoms in total. The van der Waals surface area contributed by atoms with Crippen molar-refractivity contribution in [3.8, 4) is 11.5 Å². The number of hydrogen-bond donors (Lipinski definition) is 3. The molecule has 1 aliphatic rings. The average molecular weight is 520 g/mol. The second kappa shape index (κ2) is 10.5. The third-order valence-corrected chi connectivity index (χ3v) is 6.85. The fraction of sp³-hybridized carbons (Fsp3) is 0.259. The van der Waals surface area contributed by atoms with E-state index in [4.69, 9.17) is 11.6 Å². The molecule has 3 N–H and O–H groups in total. The number of aromatic nitrogens is 3. The van der Waals surface area contributed by atoms with Crippen molar-refractivity contribution in [2.24, 2.45) is 0 Å². The summed E-state index contributed by atoms with van der Waals surface area (Å²) in [4.78, 5) is 29.1. The summed E-state index contributed by atoms with van der Waals surface area (Å²) in [5.41, 5.74) is 2.11. The van der Waals surface area contributed by atoms with E-state index in [2.05, 4.69) is 15.6 Å². The summed E-state index contributed by atoms with van der Waals surface area (Å²) in [5.74, 6) is -1.51. The zero-order valence-corrected chi connectivity index (χ0v) is 20.7. The minimum Gasteiger partial charge on any atom is -0.504 e. The molecule has 4 aromatic rings. The minimum atomic E-state index is -1.13. The molecule has 0 aliphatic heterocycles. The topological polar surface area (TPSA) is 121 Å². The van der Waals surface area contributed by atoms with E-state index in [-0.39, 0.29) is 30.0 Å². The van der Waals surface area contributed by atoms with Crippen LogP contribution >= 0.6 is 11.6 Å². The van der Waals surface area contributed by atoms with E-state index in [0.29, 0.717) is 27.3 Å². The Morgan fingerprint density at radius 2 is 1.76 bits per heavy atom. The Kier molecular flexibility index (Phi) is 6.96. The molecule has 37 heavy (non-hydrogen) atoms. The first-order chi connectivity index (χ1) is 17.9. The lowest BCUT2D eigenvalue weighted by atomic mass is 10.0. The molecule has 2 amide bonds. The van der Waals surface area contributed by atoms with Crippen LogP contribution in [-0.2, 0) is 16.1 Å². The molecule has 0 spiro atoms. The number of fused-ring (bicyclic) bond motifs is 1. The van der Waals surface area contributed by atoms with Gasteiger partial charge in [0.05, 0.1) is 5.52 Å². The maximum Gasteiger partial charge on any atom is 0.249 e. The third-order valence-electron chi connectivity index (χ3n) is 6.60. The number of phenolic OH excluding ortho intramolecular Hbond substituents is 2. The van der Waals surface area contributed by atoms with E-state index in [9.17, 15) is 19.8 Å². The Morgan fingerprint density at radius 1 is 1.03 bits per heavy atom. The van der Waals surface area contributed by atoms with Crippen LogP contribution in [0.3, 0.4) is 0 Å². The number of aromatic hydroxyl groups is 2. The molecule has 0 bridgehead atoms. The molecule has 1 aliphatic carbocycles. The normalized spacial score (nSPS) is 14.5. The third kappa shape index (κ3) is 5.22. The van der Waals surface area contributed by atoms with E-state index in [1.165, 1.54) is 27.8 Å². The van der Waals surface area contributed by atoms with Gasteiger partial charge in [-0.05, 0) is 66.9 Å². The number of para-hydroxylation sites is 1. The van der Waals surface area contributed by atoms with Crippen molar-refractivity contribution in [2.75, 3.05) is 4.90 Å². The molecule has 3 aromatic carbocycles. The Labute approximate surface area is 218 Å². The summed E-state index contributed by atoms with van der Waals surface area (Å²) in [6, 6.07) is 16.9. The number of carbonyl (C=O) groups excluding carboxylic acids is 2. The number of carbonyl (C=O) groups is 2. The quantitative estimate of drug-likeness (QED) is 0.312.